The minimum Gasteiger partial charge on any atom is -0.455 e. The molecule has 0 N–H and O–H groups in total. The van der Waals surface area contributed by atoms with E-state index in [4.69, 9.17) is 4.74 Å². The zero-order valence-electron chi connectivity index (χ0n) is 15.3. The Morgan fingerprint density at radius 3 is 2.00 bits per heavy atom. The van der Waals surface area contributed by atoms with Crippen molar-refractivity contribution in [3.8, 4) is 0 Å². The fourth-order valence-electron chi connectivity index (χ4n) is 3.61. The summed E-state index contributed by atoms with van der Waals surface area (Å²) in [7, 11) is 0. The maximum Gasteiger partial charge on any atom is 0.397 e. The number of hydrogen-bond acceptors (Lipinski definition) is 3. The highest BCUT2D eigenvalue weighted by Gasteiger charge is 2.36. The molecule has 128 valence electrons. The molecule has 0 aliphatic heterocycles. The average molecular weight is 311 g/mol. The third-order valence-corrected chi connectivity index (χ3v) is 4.74. The minimum atomic E-state index is -0.688. The predicted octanol–water partition coefficient (Wildman–Crippen LogP) is 3.64. The Balaban J connectivity index is 2.78. The zero-order chi connectivity index (χ0) is 17.0. The first-order chi connectivity index (χ1) is 10.1. The van der Waals surface area contributed by atoms with Crippen LogP contribution >= 0.6 is 0 Å². The third kappa shape index (κ3) is 4.72. The zero-order valence-corrected chi connectivity index (χ0v) is 15.3. The maximum atomic E-state index is 12.4. The van der Waals surface area contributed by atoms with Crippen LogP contribution in [0.1, 0.15) is 67.7 Å². The van der Waals surface area contributed by atoms with Crippen LogP contribution in [0.5, 0.6) is 0 Å². The summed E-state index contributed by atoms with van der Waals surface area (Å²) in [6.07, 6.45) is 2.99. The van der Waals surface area contributed by atoms with E-state index in [2.05, 4.69) is 20.8 Å². The molecule has 0 aromatic heterocycles. The normalized spacial score (nSPS) is 25.6. The number of amides is 1. The van der Waals surface area contributed by atoms with Gasteiger partial charge in [-0.1, -0.05) is 27.2 Å². The first-order valence-electron chi connectivity index (χ1n) is 8.68. The monoisotopic (exact) mass is 311 g/mol. The van der Waals surface area contributed by atoms with Gasteiger partial charge in [-0.3, -0.25) is 4.79 Å². The SMILES string of the molecule is CC1CCC(C(C)C)C(OC(=O)C(=O)N(C(C)C)C(C)C)C1. The van der Waals surface area contributed by atoms with E-state index in [1.165, 1.54) is 6.42 Å². The summed E-state index contributed by atoms with van der Waals surface area (Å²) in [5.41, 5.74) is 0. The number of carbonyl (C=O) groups excluding carboxylic acids is 2. The third-order valence-electron chi connectivity index (χ3n) is 4.74. The molecule has 1 saturated carbocycles. The van der Waals surface area contributed by atoms with Gasteiger partial charge in [-0.2, -0.15) is 0 Å². The van der Waals surface area contributed by atoms with Crippen LogP contribution in [0.4, 0.5) is 0 Å². The molecule has 1 fully saturated rings. The van der Waals surface area contributed by atoms with Crippen LogP contribution < -0.4 is 0 Å². The molecule has 0 bridgehead atoms. The van der Waals surface area contributed by atoms with E-state index >= 15 is 0 Å². The lowest BCUT2D eigenvalue weighted by atomic mass is 9.75. The van der Waals surface area contributed by atoms with E-state index < -0.39 is 11.9 Å². The average Bonchev–Trinajstić information content (AvgIpc) is 2.37. The highest BCUT2D eigenvalue weighted by atomic mass is 16.6. The lowest BCUT2D eigenvalue weighted by Crippen LogP contribution is -2.48. The van der Waals surface area contributed by atoms with Gasteiger partial charge in [-0.05, 0) is 58.3 Å². The fourth-order valence-corrected chi connectivity index (χ4v) is 3.61. The molecule has 1 rings (SSSR count). The second-order valence-electron chi connectivity index (χ2n) is 7.67. The van der Waals surface area contributed by atoms with E-state index in [9.17, 15) is 9.59 Å². The second-order valence-corrected chi connectivity index (χ2v) is 7.67. The summed E-state index contributed by atoms with van der Waals surface area (Å²) in [5.74, 6) is 0.179. The second kappa shape index (κ2) is 7.98. The van der Waals surface area contributed by atoms with E-state index in [-0.39, 0.29) is 18.2 Å². The molecule has 0 aromatic rings. The summed E-state index contributed by atoms with van der Waals surface area (Å²) >= 11 is 0. The molecular formula is C18H33NO3. The van der Waals surface area contributed by atoms with Gasteiger partial charge in [-0.15, -0.1) is 0 Å². The Hall–Kier alpha value is -1.06. The van der Waals surface area contributed by atoms with Crippen molar-refractivity contribution in [3.05, 3.63) is 0 Å². The molecule has 3 unspecified atom stereocenters. The first-order valence-corrected chi connectivity index (χ1v) is 8.68. The first kappa shape index (κ1) is 19.0. The van der Waals surface area contributed by atoms with Gasteiger partial charge in [-0.25, -0.2) is 4.79 Å². The largest absolute Gasteiger partial charge is 0.455 e. The highest BCUT2D eigenvalue weighted by molar-refractivity contribution is 6.32. The van der Waals surface area contributed by atoms with Crippen molar-refractivity contribution in [2.75, 3.05) is 0 Å². The summed E-state index contributed by atoms with van der Waals surface area (Å²) < 4.78 is 5.65. The van der Waals surface area contributed by atoms with Crippen molar-refractivity contribution in [2.24, 2.45) is 17.8 Å². The fraction of sp³-hybridized carbons (Fsp3) is 0.889. The molecule has 4 heteroatoms. The molecule has 1 aliphatic rings. The molecule has 1 amide bonds. The predicted molar refractivity (Wildman–Crippen MR) is 88.3 cm³/mol. The quantitative estimate of drug-likeness (QED) is 0.588. The number of carbonyl (C=O) groups is 2. The number of hydrogen-bond donors (Lipinski definition) is 0. The Morgan fingerprint density at radius 2 is 1.55 bits per heavy atom. The smallest absolute Gasteiger partial charge is 0.397 e. The van der Waals surface area contributed by atoms with E-state index in [1.54, 1.807) is 4.90 Å². The Kier molecular flexibility index (Phi) is 6.89. The van der Waals surface area contributed by atoms with Crippen LogP contribution in [0, 0.1) is 17.8 Å². The van der Waals surface area contributed by atoms with Gasteiger partial charge >= 0.3 is 11.9 Å². The van der Waals surface area contributed by atoms with Gasteiger partial charge in [0.05, 0.1) is 0 Å². The summed E-state index contributed by atoms with van der Waals surface area (Å²) in [5, 5.41) is 0. The lowest BCUT2D eigenvalue weighted by Gasteiger charge is -2.37. The molecule has 1 aliphatic carbocycles. The van der Waals surface area contributed by atoms with Gasteiger partial charge in [0.1, 0.15) is 6.10 Å². The molecule has 0 aromatic carbocycles. The summed E-state index contributed by atoms with van der Waals surface area (Å²) in [6.45, 7) is 14.2. The van der Waals surface area contributed by atoms with Crippen molar-refractivity contribution in [3.63, 3.8) is 0 Å². The topological polar surface area (TPSA) is 46.6 Å². The summed E-state index contributed by atoms with van der Waals surface area (Å²) in [4.78, 5) is 26.3. The molecule has 22 heavy (non-hydrogen) atoms. The van der Waals surface area contributed by atoms with Gasteiger partial charge in [0.25, 0.3) is 0 Å². The Morgan fingerprint density at radius 1 is 1.00 bits per heavy atom. The molecule has 0 spiro atoms. The van der Waals surface area contributed by atoms with Crippen LogP contribution in [0.3, 0.4) is 0 Å². The van der Waals surface area contributed by atoms with E-state index in [0.717, 1.165) is 12.8 Å². The van der Waals surface area contributed by atoms with Gasteiger partial charge in [0.15, 0.2) is 0 Å². The maximum absolute atomic E-state index is 12.4. The Bertz CT molecular complexity index is 382. The van der Waals surface area contributed by atoms with Crippen LogP contribution in [-0.4, -0.2) is 35.0 Å². The number of ether oxygens (including phenoxy) is 1. The van der Waals surface area contributed by atoms with Crippen molar-refractivity contribution < 1.29 is 14.3 Å². The van der Waals surface area contributed by atoms with Crippen molar-refractivity contribution in [1.82, 2.24) is 4.90 Å². The molecule has 4 nitrogen and oxygen atoms in total. The minimum absolute atomic E-state index is 0.00812. The molecular weight excluding hydrogens is 278 g/mol. The molecule has 0 saturated heterocycles. The number of esters is 1. The van der Waals surface area contributed by atoms with Gasteiger partial charge < -0.3 is 9.64 Å². The van der Waals surface area contributed by atoms with Crippen LogP contribution in [0.2, 0.25) is 0 Å². The Labute approximate surface area is 135 Å². The molecule has 3 atom stereocenters. The standard InChI is InChI=1S/C18H33NO3/c1-11(2)15-9-8-14(7)10-16(15)22-18(21)17(20)19(12(3)4)13(5)6/h11-16H,8-10H2,1-7H3. The van der Waals surface area contributed by atoms with Gasteiger partial charge in [0.2, 0.25) is 0 Å². The van der Waals surface area contributed by atoms with Crippen LogP contribution in [0.15, 0.2) is 0 Å². The molecule has 0 heterocycles. The number of rotatable bonds is 4. The molecule has 0 radical (unpaired) electrons. The van der Waals surface area contributed by atoms with Crippen LogP contribution in [0.25, 0.3) is 0 Å². The summed E-state index contributed by atoms with van der Waals surface area (Å²) in [6, 6.07) is -0.0162. The van der Waals surface area contributed by atoms with Crippen molar-refractivity contribution in [1.29, 1.82) is 0 Å². The highest BCUT2D eigenvalue weighted by Crippen LogP contribution is 2.35. The van der Waals surface area contributed by atoms with Crippen LogP contribution in [-0.2, 0) is 14.3 Å². The van der Waals surface area contributed by atoms with Gasteiger partial charge in [0, 0.05) is 12.1 Å². The number of nitrogens with zero attached hydrogens (tertiary/aromatic N) is 1. The van der Waals surface area contributed by atoms with Crippen molar-refractivity contribution >= 4 is 11.9 Å². The van der Waals surface area contributed by atoms with E-state index in [0.29, 0.717) is 17.8 Å². The van der Waals surface area contributed by atoms with Crippen molar-refractivity contribution in [2.45, 2.75) is 85.9 Å². The van der Waals surface area contributed by atoms with E-state index in [1.807, 2.05) is 27.7 Å². The lowest BCUT2D eigenvalue weighted by molar-refractivity contribution is -0.170.